The van der Waals surface area contributed by atoms with Gasteiger partial charge in [0.25, 0.3) is 0 Å². The first kappa shape index (κ1) is 11.4. The predicted molar refractivity (Wildman–Crippen MR) is 62.6 cm³/mol. The summed E-state index contributed by atoms with van der Waals surface area (Å²) in [6.45, 7) is 2.50. The largest absolute Gasteiger partial charge is 0.447 e. The van der Waals surface area contributed by atoms with Gasteiger partial charge < -0.3 is 4.74 Å². The molecule has 0 radical (unpaired) electrons. The number of nitrogens with zero attached hydrogens (tertiary/aromatic N) is 1. The average Bonchev–Trinajstić information content (AvgIpc) is 2.78. The van der Waals surface area contributed by atoms with Gasteiger partial charge in [0.2, 0.25) is 5.78 Å². The Hall–Kier alpha value is -2.10. The van der Waals surface area contributed by atoms with Gasteiger partial charge in [-0.25, -0.2) is 4.79 Å². The molecule has 1 amide bonds. The van der Waals surface area contributed by atoms with Crippen LogP contribution in [0, 0.1) is 0 Å². The molecular weight excluding hydrogens is 218 g/mol. The highest BCUT2D eigenvalue weighted by Crippen LogP contribution is 2.17. The van der Waals surface area contributed by atoms with Crippen LogP contribution in [0.3, 0.4) is 0 Å². The SMILES string of the molecule is C/C=C(\C(=O)c1ccccc1)N1CCOC1=O. The molecule has 17 heavy (non-hydrogen) atoms. The molecule has 0 aromatic heterocycles. The second-order valence-electron chi connectivity index (χ2n) is 3.64. The first-order valence-corrected chi connectivity index (χ1v) is 5.44. The zero-order valence-corrected chi connectivity index (χ0v) is 9.55. The number of cyclic esters (lactones) is 1. The van der Waals surface area contributed by atoms with Gasteiger partial charge in [-0.3, -0.25) is 9.69 Å². The fourth-order valence-corrected chi connectivity index (χ4v) is 1.76. The van der Waals surface area contributed by atoms with E-state index in [0.29, 0.717) is 24.4 Å². The van der Waals surface area contributed by atoms with E-state index in [0.717, 1.165) is 0 Å². The number of amides is 1. The van der Waals surface area contributed by atoms with Crippen molar-refractivity contribution in [3.63, 3.8) is 0 Å². The fraction of sp³-hybridized carbons (Fsp3) is 0.231. The third kappa shape index (κ3) is 2.20. The zero-order chi connectivity index (χ0) is 12.3. The fourth-order valence-electron chi connectivity index (χ4n) is 1.76. The lowest BCUT2D eigenvalue weighted by Crippen LogP contribution is -2.28. The van der Waals surface area contributed by atoms with E-state index in [-0.39, 0.29) is 5.78 Å². The van der Waals surface area contributed by atoms with E-state index in [1.807, 2.05) is 6.07 Å². The lowest BCUT2D eigenvalue weighted by Gasteiger charge is -2.15. The number of hydrogen-bond acceptors (Lipinski definition) is 3. The molecule has 1 aromatic carbocycles. The van der Waals surface area contributed by atoms with Gasteiger partial charge in [0, 0.05) is 5.56 Å². The van der Waals surface area contributed by atoms with E-state index in [1.54, 1.807) is 37.3 Å². The maximum atomic E-state index is 12.2. The van der Waals surface area contributed by atoms with Gasteiger partial charge in [-0.1, -0.05) is 36.4 Å². The van der Waals surface area contributed by atoms with E-state index in [4.69, 9.17) is 4.74 Å². The van der Waals surface area contributed by atoms with Crippen LogP contribution in [0.15, 0.2) is 42.1 Å². The normalized spacial score (nSPS) is 15.9. The number of ketones is 1. The summed E-state index contributed by atoms with van der Waals surface area (Å²) in [7, 11) is 0. The monoisotopic (exact) mass is 231 g/mol. The Kier molecular flexibility index (Phi) is 3.23. The van der Waals surface area contributed by atoms with Crippen LogP contribution in [-0.2, 0) is 4.74 Å². The number of allylic oxidation sites excluding steroid dienone is 2. The van der Waals surface area contributed by atoms with Gasteiger partial charge >= 0.3 is 6.09 Å². The van der Waals surface area contributed by atoms with Crippen molar-refractivity contribution in [2.45, 2.75) is 6.92 Å². The second kappa shape index (κ2) is 4.82. The van der Waals surface area contributed by atoms with E-state index >= 15 is 0 Å². The smallest absolute Gasteiger partial charge is 0.414 e. The zero-order valence-electron chi connectivity index (χ0n) is 9.55. The Morgan fingerprint density at radius 2 is 2.06 bits per heavy atom. The highest BCUT2D eigenvalue weighted by atomic mass is 16.6. The van der Waals surface area contributed by atoms with Crippen molar-refractivity contribution in [3.05, 3.63) is 47.7 Å². The minimum absolute atomic E-state index is 0.160. The van der Waals surface area contributed by atoms with Crippen molar-refractivity contribution in [1.29, 1.82) is 0 Å². The van der Waals surface area contributed by atoms with Crippen molar-refractivity contribution < 1.29 is 14.3 Å². The van der Waals surface area contributed by atoms with Crippen molar-refractivity contribution >= 4 is 11.9 Å². The van der Waals surface area contributed by atoms with Gasteiger partial charge in [0.1, 0.15) is 6.61 Å². The summed E-state index contributed by atoms with van der Waals surface area (Å²) in [6.07, 6.45) is 1.18. The molecule has 4 heteroatoms. The van der Waals surface area contributed by atoms with E-state index in [1.165, 1.54) is 4.90 Å². The lowest BCUT2D eigenvalue weighted by molar-refractivity contribution is 0.0995. The summed E-state index contributed by atoms with van der Waals surface area (Å²) in [4.78, 5) is 25.0. The Bertz CT molecular complexity index is 465. The van der Waals surface area contributed by atoms with Gasteiger partial charge in [-0.15, -0.1) is 0 Å². The summed E-state index contributed by atoms with van der Waals surface area (Å²) in [6, 6.07) is 8.89. The highest BCUT2D eigenvalue weighted by Gasteiger charge is 2.29. The van der Waals surface area contributed by atoms with E-state index < -0.39 is 6.09 Å². The summed E-state index contributed by atoms with van der Waals surface area (Å²) < 4.78 is 4.83. The molecule has 0 N–H and O–H groups in total. The number of carbonyl (C=O) groups is 2. The number of rotatable bonds is 3. The molecule has 1 aliphatic rings. The number of Topliss-reactive ketones (excluding diaryl/α,β-unsaturated/α-hetero) is 1. The Morgan fingerprint density at radius 3 is 2.59 bits per heavy atom. The van der Waals surface area contributed by atoms with Gasteiger partial charge in [-0.2, -0.15) is 0 Å². The van der Waals surface area contributed by atoms with Crippen LogP contribution in [0.25, 0.3) is 0 Å². The quantitative estimate of drug-likeness (QED) is 0.592. The molecule has 1 aliphatic heterocycles. The van der Waals surface area contributed by atoms with Crippen molar-refractivity contribution in [2.24, 2.45) is 0 Å². The second-order valence-corrected chi connectivity index (χ2v) is 3.64. The van der Waals surface area contributed by atoms with Gasteiger partial charge in [0.05, 0.1) is 12.2 Å². The topological polar surface area (TPSA) is 46.6 Å². The van der Waals surface area contributed by atoms with Crippen LogP contribution in [0.4, 0.5) is 4.79 Å². The minimum atomic E-state index is -0.456. The summed E-state index contributed by atoms with van der Waals surface area (Å²) in [5.41, 5.74) is 0.944. The molecule has 0 unspecified atom stereocenters. The van der Waals surface area contributed by atoms with Crippen LogP contribution in [0.5, 0.6) is 0 Å². The van der Waals surface area contributed by atoms with Crippen molar-refractivity contribution in [3.8, 4) is 0 Å². The van der Waals surface area contributed by atoms with Crippen LogP contribution in [0.1, 0.15) is 17.3 Å². The van der Waals surface area contributed by atoms with Crippen molar-refractivity contribution in [2.75, 3.05) is 13.2 Å². The average molecular weight is 231 g/mol. The first-order chi connectivity index (χ1) is 8.24. The van der Waals surface area contributed by atoms with E-state index in [9.17, 15) is 9.59 Å². The summed E-state index contributed by atoms with van der Waals surface area (Å²) >= 11 is 0. The third-order valence-electron chi connectivity index (χ3n) is 2.59. The summed E-state index contributed by atoms with van der Waals surface area (Å²) in [5, 5.41) is 0. The Morgan fingerprint density at radius 1 is 1.35 bits per heavy atom. The van der Waals surface area contributed by atoms with E-state index in [2.05, 4.69) is 0 Å². The Balaban J connectivity index is 2.26. The number of hydrogen-bond donors (Lipinski definition) is 0. The molecule has 1 saturated heterocycles. The molecule has 0 atom stereocenters. The summed E-state index contributed by atoms with van der Waals surface area (Å²) in [5.74, 6) is -0.160. The van der Waals surface area contributed by atoms with Crippen LogP contribution in [-0.4, -0.2) is 29.9 Å². The van der Waals surface area contributed by atoms with Crippen LogP contribution in [0.2, 0.25) is 0 Å². The van der Waals surface area contributed by atoms with Gasteiger partial charge in [0.15, 0.2) is 0 Å². The number of carbonyl (C=O) groups excluding carboxylic acids is 2. The number of benzene rings is 1. The molecule has 0 aliphatic carbocycles. The molecule has 1 fully saturated rings. The maximum Gasteiger partial charge on any atom is 0.414 e. The first-order valence-electron chi connectivity index (χ1n) is 5.44. The standard InChI is InChI=1S/C13H13NO3/c1-2-11(14-8-9-17-13(14)16)12(15)10-6-4-3-5-7-10/h2-7H,8-9H2,1H3/b11-2+. The minimum Gasteiger partial charge on any atom is -0.447 e. The molecule has 4 nitrogen and oxygen atoms in total. The third-order valence-corrected chi connectivity index (χ3v) is 2.59. The maximum absolute atomic E-state index is 12.2. The van der Waals surface area contributed by atoms with Crippen LogP contribution >= 0.6 is 0 Å². The lowest BCUT2D eigenvalue weighted by atomic mass is 10.1. The Labute approximate surface area is 99.5 Å². The van der Waals surface area contributed by atoms with Crippen molar-refractivity contribution in [1.82, 2.24) is 4.90 Å². The molecule has 1 heterocycles. The molecule has 1 aromatic rings. The highest BCUT2D eigenvalue weighted by molar-refractivity contribution is 6.09. The molecule has 0 spiro atoms. The predicted octanol–water partition coefficient (Wildman–Crippen LogP) is 2.23. The molecule has 88 valence electrons. The molecule has 0 bridgehead atoms. The molecule has 2 rings (SSSR count). The van der Waals surface area contributed by atoms with Gasteiger partial charge in [-0.05, 0) is 6.92 Å². The van der Waals surface area contributed by atoms with Crippen LogP contribution < -0.4 is 0 Å². The molecular formula is C13H13NO3. The number of ether oxygens (including phenoxy) is 1. The molecule has 0 saturated carbocycles.